The molecular weight excluding hydrogens is 414 g/mol. The van der Waals surface area contributed by atoms with Crippen molar-refractivity contribution < 1.29 is 4.74 Å². The van der Waals surface area contributed by atoms with Crippen molar-refractivity contribution in [2.45, 2.75) is 27.3 Å². The van der Waals surface area contributed by atoms with E-state index in [0.29, 0.717) is 23.6 Å². The average molecular weight is 438 g/mol. The van der Waals surface area contributed by atoms with Crippen LogP contribution in [0.25, 0.3) is 22.2 Å². The SMILES string of the molecule is Cn1c(=O)n(CC(C)(C)C)c2ccc(-c3cc(C#N)cc(Oc4ccnc(C#N)c4)c3)cc21. The Balaban J connectivity index is 1.78. The van der Waals surface area contributed by atoms with Crippen LogP contribution in [0.1, 0.15) is 32.0 Å². The summed E-state index contributed by atoms with van der Waals surface area (Å²) in [5, 5.41) is 18.6. The van der Waals surface area contributed by atoms with Gasteiger partial charge in [-0.15, -0.1) is 0 Å². The highest BCUT2D eigenvalue weighted by molar-refractivity contribution is 5.83. The molecule has 4 rings (SSSR count). The number of rotatable bonds is 4. The van der Waals surface area contributed by atoms with Gasteiger partial charge < -0.3 is 4.74 Å². The number of benzene rings is 2. The Morgan fingerprint density at radius 1 is 0.939 bits per heavy atom. The molecule has 4 aromatic rings. The van der Waals surface area contributed by atoms with Gasteiger partial charge in [0.2, 0.25) is 0 Å². The largest absolute Gasteiger partial charge is 0.457 e. The second-order valence-electron chi connectivity index (χ2n) is 9.14. The smallest absolute Gasteiger partial charge is 0.328 e. The fourth-order valence-electron chi connectivity index (χ4n) is 3.78. The topological polar surface area (TPSA) is 96.6 Å². The van der Waals surface area contributed by atoms with Crippen LogP contribution in [0.15, 0.2) is 59.5 Å². The summed E-state index contributed by atoms with van der Waals surface area (Å²) in [6.07, 6.45) is 1.50. The van der Waals surface area contributed by atoms with Gasteiger partial charge >= 0.3 is 5.69 Å². The van der Waals surface area contributed by atoms with Crippen LogP contribution in [0.3, 0.4) is 0 Å². The third-order valence-corrected chi connectivity index (χ3v) is 5.23. The van der Waals surface area contributed by atoms with E-state index in [9.17, 15) is 10.1 Å². The Bertz CT molecular complexity index is 1510. The molecule has 0 saturated carbocycles. The first kappa shape index (κ1) is 21.9. The third-order valence-electron chi connectivity index (χ3n) is 5.23. The minimum absolute atomic E-state index is 0.0392. The van der Waals surface area contributed by atoms with Crippen LogP contribution < -0.4 is 10.4 Å². The monoisotopic (exact) mass is 437 g/mol. The highest BCUT2D eigenvalue weighted by Crippen LogP contribution is 2.31. The van der Waals surface area contributed by atoms with Crippen molar-refractivity contribution >= 4 is 11.0 Å². The van der Waals surface area contributed by atoms with Crippen LogP contribution in [-0.4, -0.2) is 14.1 Å². The predicted octanol–water partition coefficient (Wildman–Crippen LogP) is 4.98. The number of nitrogens with zero attached hydrogens (tertiary/aromatic N) is 5. The maximum atomic E-state index is 12.9. The molecule has 2 heterocycles. The standard InChI is InChI=1S/C26H23N5O2/c1-26(2,3)16-31-23-6-5-18(12-24(23)30(4)25(31)32)19-9-17(14-27)10-22(11-19)33-21-7-8-29-20(13-21)15-28/h5-13H,16H2,1-4H3. The van der Waals surface area contributed by atoms with Crippen LogP contribution in [0.2, 0.25) is 0 Å². The second-order valence-corrected chi connectivity index (χ2v) is 9.14. The molecule has 0 radical (unpaired) electrons. The number of hydrogen-bond acceptors (Lipinski definition) is 5. The van der Waals surface area contributed by atoms with Crippen LogP contribution in [-0.2, 0) is 13.6 Å². The van der Waals surface area contributed by atoms with E-state index in [1.807, 2.05) is 30.3 Å². The lowest BCUT2D eigenvalue weighted by Crippen LogP contribution is -2.27. The van der Waals surface area contributed by atoms with Gasteiger partial charge in [0.25, 0.3) is 0 Å². The Morgan fingerprint density at radius 3 is 2.42 bits per heavy atom. The van der Waals surface area contributed by atoms with Crippen molar-refractivity contribution in [3.8, 4) is 34.8 Å². The third kappa shape index (κ3) is 4.49. The van der Waals surface area contributed by atoms with E-state index in [1.165, 1.54) is 6.20 Å². The van der Waals surface area contributed by atoms with Gasteiger partial charge in [0.15, 0.2) is 0 Å². The number of ether oxygens (including phenoxy) is 1. The molecule has 33 heavy (non-hydrogen) atoms. The van der Waals surface area contributed by atoms with E-state index in [1.54, 1.807) is 40.4 Å². The zero-order valence-electron chi connectivity index (χ0n) is 19.0. The van der Waals surface area contributed by atoms with E-state index in [4.69, 9.17) is 10.00 Å². The first-order valence-corrected chi connectivity index (χ1v) is 10.5. The van der Waals surface area contributed by atoms with Gasteiger partial charge in [-0.3, -0.25) is 9.13 Å². The average Bonchev–Trinajstić information content (AvgIpc) is 3.02. The van der Waals surface area contributed by atoms with Gasteiger partial charge in [0, 0.05) is 25.9 Å². The molecule has 164 valence electrons. The van der Waals surface area contributed by atoms with Gasteiger partial charge in [-0.25, -0.2) is 9.78 Å². The first-order valence-electron chi connectivity index (χ1n) is 10.5. The maximum Gasteiger partial charge on any atom is 0.328 e. The van der Waals surface area contributed by atoms with E-state index < -0.39 is 0 Å². The second kappa shape index (κ2) is 8.29. The molecule has 0 amide bonds. The molecule has 7 nitrogen and oxygen atoms in total. The van der Waals surface area contributed by atoms with Crippen LogP contribution in [0, 0.1) is 28.1 Å². The summed E-state index contributed by atoms with van der Waals surface area (Å²) in [5.74, 6) is 0.929. The molecule has 0 N–H and O–H groups in total. The minimum atomic E-state index is -0.0575. The lowest BCUT2D eigenvalue weighted by Gasteiger charge is -2.18. The zero-order valence-corrected chi connectivity index (χ0v) is 19.0. The fourth-order valence-corrected chi connectivity index (χ4v) is 3.78. The molecular formula is C26H23N5O2. The molecule has 0 unspecified atom stereocenters. The van der Waals surface area contributed by atoms with E-state index in [2.05, 4.69) is 31.8 Å². The normalized spacial score (nSPS) is 11.2. The highest BCUT2D eigenvalue weighted by Gasteiger charge is 2.18. The fraction of sp³-hybridized carbons (Fsp3) is 0.231. The van der Waals surface area contributed by atoms with Crippen LogP contribution >= 0.6 is 0 Å². The number of aromatic nitrogens is 3. The van der Waals surface area contributed by atoms with Crippen molar-refractivity contribution in [1.82, 2.24) is 14.1 Å². The van der Waals surface area contributed by atoms with Crippen LogP contribution in [0.4, 0.5) is 0 Å². The number of imidazole rings is 1. The quantitative estimate of drug-likeness (QED) is 0.448. The van der Waals surface area contributed by atoms with Gasteiger partial charge in [0.1, 0.15) is 23.3 Å². The number of fused-ring (bicyclic) bond motifs is 1. The number of nitriles is 2. The summed E-state index contributed by atoms with van der Waals surface area (Å²) in [6, 6.07) is 18.4. The molecule has 0 spiro atoms. The van der Waals surface area contributed by atoms with Crippen molar-refractivity contribution in [3.63, 3.8) is 0 Å². The Morgan fingerprint density at radius 2 is 1.73 bits per heavy atom. The Hall–Kier alpha value is -4.36. The van der Waals surface area contributed by atoms with Gasteiger partial charge in [-0.1, -0.05) is 26.8 Å². The van der Waals surface area contributed by atoms with Crippen molar-refractivity contribution in [3.05, 3.63) is 76.5 Å². The number of pyridine rings is 1. The maximum absolute atomic E-state index is 12.9. The summed E-state index contributed by atoms with van der Waals surface area (Å²) in [6.45, 7) is 6.92. The minimum Gasteiger partial charge on any atom is -0.457 e. The zero-order chi connectivity index (χ0) is 23.8. The van der Waals surface area contributed by atoms with Gasteiger partial charge in [-0.05, 0) is 52.9 Å². The molecule has 2 aromatic carbocycles. The van der Waals surface area contributed by atoms with E-state index >= 15 is 0 Å². The lowest BCUT2D eigenvalue weighted by atomic mass is 9.97. The van der Waals surface area contributed by atoms with Crippen molar-refractivity contribution in [1.29, 1.82) is 10.5 Å². The number of hydrogen-bond donors (Lipinski definition) is 0. The molecule has 0 atom stereocenters. The molecule has 0 fully saturated rings. The molecule has 7 heteroatoms. The summed E-state index contributed by atoms with van der Waals surface area (Å²) < 4.78 is 9.36. The Kier molecular flexibility index (Phi) is 5.49. The van der Waals surface area contributed by atoms with Gasteiger partial charge in [-0.2, -0.15) is 10.5 Å². The molecule has 0 saturated heterocycles. The molecule has 2 aromatic heterocycles. The summed E-state index contributed by atoms with van der Waals surface area (Å²) in [5.41, 5.74) is 3.93. The van der Waals surface area contributed by atoms with E-state index in [0.717, 1.165) is 22.2 Å². The molecule has 0 aliphatic carbocycles. The van der Waals surface area contributed by atoms with Crippen LogP contribution in [0.5, 0.6) is 11.5 Å². The summed E-state index contributed by atoms with van der Waals surface area (Å²) in [4.78, 5) is 16.8. The molecule has 0 aliphatic heterocycles. The Labute approximate surface area is 191 Å². The number of aryl methyl sites for hydroxylation is 1. The first-order chi connectivity index (χ1) is 15.7. The molecule has 0 aliphatic rings. The van der Waals surface area contributed by atoms with Gasteiger partial charge in [0.05, 0.1) is 22.7 Å². The summed E-state index contributed by atoms with van der Waals surface area (Å²) in [7, 11) is 1.77. The van der Waals surface area contributed by atoms with Crippen molar-refractivity contribution in [2.24, 2.45) is 12.5 Å². The highest BCUT2D eigenvalue weighted by atomic mass is 16.5. The summed E-state index contributed by atoms with van der Waals surface area (Å²) >= 11 is 0. The van der Waals surface area contributed by atoms with Crippen molar-refractivity contribution in [2.75, 3.05) is 0 Å². The molecule has 0 bridgehead atoms. The lowest BCUT2D eigenvalue weighted by molar-refractivity contribution is 0.342. The van der Waals surface area contributed by atoms with E-state index in [-0.39, 0.29) is 16.8 Å². The predicted molar refractivity (Wildman–Crippen MR) is 126 cm³/mol.